The summed E-state index contributed by atoms with van der Waals surface area (Å²) in [5, 5.41) is 21.0. The second-order valence-corrected chi connectivity index (χ2v) is 9.59. The topological polar surface area (TPSA) is 147 Å². The summed E-state index contributed by atoms with van der Waals surface area (Å²) in [6, 6.07) is 5.70. The number of guanidine groups is 1. The molecule has 10 heteroatoms. The van der Waals surface area contributed by atoms with Crippen molar-refractivity contribution in [2.75, 3.05) is 6.61 Å². The zero-order valence-electron chi connectivity index (χ0n) is 19.4. The number of alkyl carbamates (subject to hydrolysis) is 1. The molecule has 1 aromatic rings. The molecule has 0 saturated heterocycles. The van der Waals surface area contributed by atoms with Gasteiger partial charge in [-0.25, -0.2) is 14.6 Å². The van der Waals surface area contributed by atoms with Crippen LogP contribution in [0, 0.1) is 0 Å². The first-order chi connectivity index (χ1) is 15.5. The molecule has 1 fully saturated rings. The van der Waals surface area contributed by atoms with Gasteiger partial charge in [-0.05, 0) is 69.7 Å². The molecule has 0 unspecified atom stereocenters. The van der Waals surface area contributed by atoms with E-state index >= 15 is 0 Å². The van der Waals surface area contributed by atoms with E-state index in [0.29, 0.717) is 24.8 Å². The van der Waals surface area contributed by atoms with Crippen molar-refractivity contribution in [1.29, 1.82) is 0 Å². The van der Waals surface area contributed by atoms with E-state index in [0.717, 1.165) is 36.8 Å². The minimum absolute atomic E-state index is 0.0848. The van der Waals surface area contributed by atoms with E-state index in [9.17, 15) is 14.7 Å². The van der Waals surface area contributed by atoms with Crippen LogP contribution in [0.2, 0.25) is 0 Å². The number of hydrogen-bond donors (Lipinski definition) is 4. The highest BCUT2D eigenvalue weighted by Gasteiger charge is 2.26. The fourth-order valence-electron chi connectivity index (χ4n) is 3.96. The molecule has 1 saturated carbocycles. The number of nitrogens with two attached hydrogens (primary N) is 1. The van der Waals surface area contributed by atoms with Gasteiger partial charge >= 0.3 is 12.1 Å². The third-order valence-corrected chi connectivity index (χ3v) is 5.65. The summed E-state index contributed by atoms with van der Waals surface area (Å²) >= 11 is 0. The van der Waals surface area contributed by atoms with Gasteiger partial charge in [0.2, 0.25) is 0 Å². The summed E-state index contributed by atoms with van der Waals surface area (Å²) in [4.78, 5) is 29.4. The highest BCUT2D eigenvalue weighted by molar-refractivity contribution is 5.79. The molecular formula is C23H34N4O6. The molecular weight excluding hydrogens is 428 g/mol. The second-order valence-electron chi connectivity index (χ2n) is 9.59. The van der Waals surface area contributed by atoms with Gasteiger partial charge in [-0.15, -0.1) is 0 Å². The largest absolute Gasteiger partial charge is 0.490 e. The lowest BCUT2D eigenvalue weighted by atomic mass is 9.91. The van der Waals surface area contributed by atoms with Gasteiger partial charge in [-0.3, -0.25) is 0 Å². The number of hydrogen-bond acceptors (Lipinski definition) is 6. The van der Waals surface area contributed by atoms with Gasteiger partial charge in [-0.2, -0.15) is 0 Å². The monoisotopic (exact) mass is 462 g/mol. The van der Waals surface area contributed by atoms with Crippen LogP contribution in [0.15, 0.2) is 23.2 Å². The summed E-state index contributed by atoms with van der Waals surface area (Å²) < 4.78 is 10.7. The van der Waals surface area contributed by atoms with Crippen molar-refractivity contribution in [2.45, 2.75) is 83.3 Å². The second kappa shape index (κ2) is 10.3. The maximum atomic E-state index is 12.0. The van der Waals surface area contributed by atoms with Crippen molar-refractivity contribution in [2.24, 2.45) is 10.7 Å². The SMILES string of the molecule is CC(C)(C)OC(=O)NC1CCC(N=C(N)N2Cc3ccc(OC[C@@H](O)C(=O)O)cc3C2)CC1. The maximum absolute atomic E-state index is 12.0. The molecule has 1 amide bonds. The molecule has 1 aliphatic heterocycles. The predicted octanol–water partition coefficient (Wildman–Crippen LogP) is 1.98. The van der Waals surface area contributed by atoms with Crippen LogP contribution in [0.4, 0.5) is 4.79 Å². The first-order valence-electron chi connectivity index (χ1n) is 11.2. The Balaban J connectivity index is 1.48. The first-order valence-corrected chi connectivity index (χ1v) is 11.2. The molecule has 10 nitrogen and oxygen atoms in total. The minimum Gasteiger partial charge on any atom is -0.490 e. The number of fused-ring (bicyclic) bond motifs is 1. The van der Waals surface area contributed by atoms with Gasteiger partial charge in [-0.1, -0.05) is 6.07 Å². The molecule has 1 atom stereocenters. The molecule has 5 N–H and O–H groups in total. The van der Waals surface area contributed by atoms with Crippen LogP contribution in [-0.2, 0) is 22.6 Å². The lowest BCUT2D eigenvalue weighted by molar-refractivity contribution is -0.148. The highest BCUT2D eigenvalue weighted by Crippen LogP contribution is 2.28. The molecule has 182 valence electrons. The van der Waals surface area contributed by atoms with E-state index in [1.54, 1.807) is 6.07 Å². The van der Waals surface area contributed by atoms with Crippen LogP contribution in [0.3, 0.4) is 0 Å². The molecule has 1 heterocycles. The lowest BCUT2D eigenvalue weighted by Gasteiger charge is -2.29. The smallest absolute Gasteiger partial charge is 0.407 e. The van der Waals surface area contributed by atoms with Gasteiger partial charge in [0.1, 0.15) is 18.0 Å². The van der Waals surface area contributed by atoms with Crippen molar-refractivity contribution in [1.82, 2.24) is 10.2 Å². The number of aliphatic imine (C=N–C) groups is 1. The van der Waals surface area contributed by atoms with Crippen molar-refractivity contribution in [3.8, 4) is 5.75 Å². The molecule has 0 bridgehead atoms. The Labute approximate surface area is 193 Å². The van der Waals surface area contributed by atoms with Crippen LogP contribution in [-0.4, -0.2) is 63.5 Å². The number of ether oxygens (including phenoxy) is 2. The Morgan fingerprint density at radius 2 is 1.88 bits per heavy atom. The number of aliphatic hydroxyl groups excluding tert-OH is 1. The summed E-state index contributed by atoms with van der Waals surface area (Å²) in [7, 11) is 0. The van der Waals surface area contributed by atoms with Gasteiger partial charge in [0.15, 0.2) is 12.1 Å². The number of carbonyl (C=O) groups is 2. The first kappa shape index (κ1) is 24.6. The normalized spacial score (nSPS) is 21.8. The van der Waals surface area contributed by atoms with Gasteiger partial charge in [0.25, 0.3) is 0 Å². The van der Waals surface area contributed by atoms with Crippen LogP contribution >= 0.6 is 0 Å². The number of nitrogens with one attached hydrogen (secondary N) is 1. The van der Waals surface area contributed by atoms with E-state index in [-0.39, 0.29) is 24.8 Å². The summed E-state index contributed by atoms with van der Waals surface area (Å²) in [6.07, 6.45) is 1.38. The molecule has 1 aliphatic carbocycles. The Hall–Kier alpha value is -3.01. The standard InChI is InChI=1S/C23H34N4O6/c1-23(2,3)33-22(31)26-17-7-5-16(6-8-17)25-21(24)27-11-14-4-9-18(10-15(14)12-27)32-13-19(28)20(29)30/h4,9-10,16-17,19,28H,5-8,11-13H2,1-3H3,(H2,24,25)(H,26,31)(H,29,30)/t16?,17?,19-/m1/s1. The van der Waals surface area contributed by atoms with E-state index in [4.69, 9.17) is 25.3 Å². The predicted molar refractivity (Wildman–Crippen MR) is 122 cm³/mol. The fourth-order valence-corrected chi connectivity index (χ4v) is 3.96. The molecule has 1 aromatic carbocycles. The van der Waals surface area contributed by atoms with E-state index in [1.807, 2.05) is 37.8 Å². The molecule has 2 aliphatic rings. The zero-order chi connectivity index (χ0) is 24.2. The average molecular weight is 463 g/mol. The number of aliphatic carboxylic acids is 1. The van der Waals surface area contributed by atoms with Crippen LogP contribution in [0.1, 0.15) is 57.6 Å². The van der Waals surface area contributed by atoms with Crippen molar-refractivity contribution >= 4 is 18.0 Å². The zero-order valence-corrected chi connectivity index (χ0v) is 19.4. The Kier molecular flexibility index (Phi) is 7.68. The maximum Gasteiger partial charge on any atom is 0.407 e. The number of rotatable bonds is 6. The van der Waals surface area contributed by atoms with Gasteiger partial charge in [0.05, 0.1) is 6.04 Å². The molecule has 0 radical (unpaired) electrons. The number of amides is 1. The highest BCUT2D eigenvalue weighted by atomic mass is 16.6. The van der Waals surface area contributed by atoms with E-state index in [1.165, 1.54) is 0 Å². The Bertz CT molecular complexity index is 889. The van der Waals surface area contributed by atoms with Crippen LogP contribution in [0.25, 0.3) is 0 Å². The molecule has 33 heavy (non-hydrogen) atoms. The van der Waals surface area contributed by atoms with E-state index in [2.05, 4.69) is 5.32 Å². The number of carbonyl (C=O) groups excluding carboxylic acids is 1. The van der Waals surface area contributed by atoms with Crippen LogP contribution in [0.5, 0.6) is 5.75 Å². The molecule has 0 spiro atoms. The average Bonchev–Trinajstić information content (AvgIpc) is 3.15. The summed E-state index contributed by atoms with van der Waals surface area (Å²) in [5.41, 5.74) is 7.92. The lowest BCUT2D eigenvalue weighted by Crippen LogP contribution is -2.42. The van der Waals surface area contributed by atoms with Gasteiger partial charge < -0.3 is 35.6 Å². The summed E-state index contributed by atoms with van der Waals surface area (Å²) in [6.45, 7) is 6.43. The third-order valence-electron chi connectivity index (χ3n) is 5.65. The molecule has 0 aromatic heterocycles. The Morgan fingerprint density at radius 3 is 2.52 bits per heavy atom. The minimum atomic E-state index is -1.56. The van der Waals surface area contributed by atoms with Crippen LogP contribution < -0.4 is 15.8 Å². The summed E-state index contributed by atoms with van der Waals surface area (Å²) in [5.74, 6) is -0.332. The van der Waals surface area contributed by atoms with E-state index < -0.39 is 17.7 Å². The number of aliphatic hydroxyl groups is 1. The number of carboxylic acid groups (broad SMARTS) is 1. The fraction of sp³-hybridized carbons (Fsp3) is 0.609. The Morgan fingerprint density at radius 1 is 1.21 bits per heavy atom. The third kappa shape index (κ3) is 7.24. The molecule has 3 rings (SSSR count). The number of nitrogens with zero attached hydrogens (tertiary/aromatic N) is 2. The van der Waals surface area contributed by atoms with Crippen molar-refractivity contribution < 1.29 is 29.3 Å². The van der Waals surface area contributed by atoms with Crippen molar-refractivity contribution in [3.63, 3.8) is 0 Å². The van der Waals surface area contributed by atoms with Crippen molar-refractivity contribution in [3.05, 3.63) is 29.3 Å². The quantitative estimate of drug-likeness (QED) is 0.371. The number of benzene rings is 1. The number of carboxylic acids is 1. The van der Waals surface area contributed by atoms with Gasteiger partial charge in [0, 0.05) is 19.1 Å².